The number of fused-ring (bicyclic) bond motifs is 2. The highest BCUT2D eigenvalue weighted by Crippen LogP contribution is 2.83. The molecule has 4 heteroatoms. The molecule has 2 aliphatic heterocycles. The lowest BCUT2D eigenvalue weighted by atomic mass is 9.35. The van der Waals surface area contributed by atoms with Gasteiger partial charge in [0.15, 0.2) is 0 Å². The molecule has 6 atom stereocenters. The molecule has 4 aliphatic rings. The van der Waals surface area contributed by atoms with Crippen molar-refractivity contribution in [1.29, 1.82) is 0 Å². The van der Waals surface area contributed by atoms with Gasteiger partial charge in [0.2, 0.25) is 0 Å². The van der Waals surface area contributed by atoms with E-state index in [1.165, 1.54) is 0 Å². The van der Waals surface area contributed by atoms with E-state index in [0.717, 1.165) is 0 Å². The molecule has 0 N–H and O–H groups in total. The lowest BCUT2D eigenvalue weighted by Crippen LogP contribution is -2.71. The van der Waals surface area contributed by atoms with Gasteiger partial charge in [0.1, 0.15) is 22.4 Å². The summed E-state index contributed by atoms with van der Waals surface area (Å²) in [4.78, 5) is 14.5. The molecule has 2 saturated carbocycles. The molecule has 4 nitrogen and oxygen atoms in total. The van der Waals surface area contributed by atoms with E-state index in [0.29, 0.717) is 6.61 Å². The molecule has 2 aliphatic carbocycles. The van der Waals surface area contributed by atoms with Crippen LogP contribution in [0.4, 0.5) is 0 Å². The average Bonchev–Trinajstić information content (AvgIpc) is 3.54. The van der Waals surface area contributed by atoms with Gasteiger partial charge >= 0.3 is 5.97 Å². The predicted molar refractivity (Wildman–Crippen MR) is 146 cm³/mol. The van der Waals surface area contributed by atoms with E-state index in [1.54, 1.807) is 0 Å². The minimum atomic E-state index is -0.752. The second-order valence-corrected chi connectivity index (χ2v) is 17.1. The maximum absolute atomic E-state index is 14.5. The van der Waals surface area contributed by atoms with Crippen LogP contribution in [0.5, 0.6) is 0 Å². The number of hydrogen-bond donors (Lipinski definition) is 0. The van der Waals surface area contributed by atoms with Crippen molar-refractivity contribution in [2.24, 2.45) is 43.3 Å². The van der Waals surface area contributed by atoms with Crippen LogP contribution in [0.25, 0.3) is 0 Å². The molecule has 6 unspecified atom stereocenters. The maximum Gasteiger partial charge on any atom is 0.313 e. The Morgan fingerprint density at radius 3 is 1.22 bits per heavy atom. The van der Waals surface area contributed by atoms with E-state index in [4.69, 9.17) is 14.2 Å². The first kappa shape index (κ1) is 28.4. The topological polar surface area (TPSA) is 51.4 Å². The predicted octanol–water partition coefficient (Wildman–Crippen LogP) is 7.82. The van der Waals surface area contributed by atoms with Gasteiger partial charge in [-0.05, 0) is 45.4 Å². The first-order valence-corrected chi connectivity index (χ1v) is 14.1. The number of epoxide rings is 2. The number of esters is 1. The first-order chi connectivity index (χ1) is 15.5. The van der Waals surface area contributed by atoms with Crippen molar-refractivity contribution in [3.8, 4) is 0 Å². The fourth-order valence-electron chi connectivity index (χ4n) is 9.96. The van der Waals surface area contributed by atoms with E-state index in [-0.39, 0.29) is 55.3 Å². The molecule has 2 saturated heterocycles. The monoisotopic (exact) mass is 504 g/mol. The Hall–Kier alpha value is -0.610. The molecule has 0 amide bonds. The Morgan fingerprint density at radius 2 is 0.806 bits per heavy atom. The van der Waals surface area contributed by atoms with E-state index < -0.39 is 16.4 Å². The Kier molecular flexibility index (Phi) is 4.92. The second kappa shape index (κ2) is 6.24. The average molecular weight is 505 g/mol. The summed E-state index contributed by atoms with van der Waals surface area (Å²) >= 11 is 0. The summed E-state index contributed by atoms with van der Waals surface area (Å²) in [5.41, 5.74) is -3.77. The summed E-state index contributed by atoms with van der Waals surface area (Å²) in [6, 6.07) is 0. The van der Waals surface area contributed by atoms with Crippen LogP contribution in [0, 0.1) is 43.3 Å². The Balaban J connectivity index is 1.76. The van der Waals surface area contributed by atoms with Crippen LogP contribution >= 0.6 is 0 Å². The minimum Gasteiger partial charge on any atom is -0.465 e. The van der Waals surface area contributed by atoms with Gasteiger partial charge in [-0.25, -0.2) is 0 Å². The van der Waals surface area contributed by atoms with Crippen LogP contribution in [0.15, 0.2) is 0 Å². The number of ether oxygens (including phenoxy) is 3. The lowest BCUT2D eigenvalue weighted by molar-refractivity contribution is -0.228. The normalized spacial score (nSPS) is 51.9. The summed E-state index contributed by atoms with van der Waals surface area (Å²) in [5, 5.41) is 0. The first-order valence-electron chi connectivity index (χ1n) is 14.1. The molecule has 0 bridgehead atoms. The van der Waals surface area contributed by atoms with Crippen molar-refractivity contribution in [1.82, 2.24) is 0 Å². The number of carbonyl (C=O) groups is 1. The zero-order valence-corrected chi connectivity index (χ0v) is 26.8. The fraction of sp³-hybridized carbons (Fsp3) is 0.969. The third kappa shape index (κ3) is 2.16. The molecular formula is C32H56O4. The zero-order chi connectivity index (χ0) is 28.4. The van der Waals surface area contributed by atoms with E-state index in [9.17, 15) is 4.79 Å². The van der Waals surface area contributed by atoms with Gasteiger partial charge < -0.3 is 14.2 Å². The van der Waals surface area contributed by atoms with Gasteiger partial charge in [-0.3, -0.25) is 4.79 Å². The SMILES string of the molecule is CC1(C)C(C)(C)C2(C)OC2(C)C(C)(C)C1(C)COC(=O)C1(C)C(C)(C)C(C)(C)C2(C)OC2(C)C1(C)C. The van der Waals surface area contributed by atoms with Crippen molar-refractivity contribution in [3.63, 3.8) is 0 Å². The van der Waals surface area contributed by atoms with Crippen LogP contribution in [0.3, 0.4) is 0 Å². The maximum atomic E-state index is 14.5. The molecule has 0 spiro atoms. The molecular weight excluding hydrogens is 448 g/mol. The molecule has 0 aromatic heterocycles. The fourth-order valence-corrected chi connectivity index (χ4v) is 9.96. The van der Waals surface area contributed by atoms with E-state index in [2.05, 4.69) is 125 Å². The minimum absolute atomic E-state index is 0.106. The standard InChI is InChI=1S/C32H56O4/c1-21(2)23(5,6)29(15)31(17,35-29)25(9,10)27(21,13)19-34-20(33)28(14)22(3,4)24(7,8)30(16)32(18,36-30)26(28,11)12/h19H2,1-18H3. The largest absolute Gasteiger partial charge is 0.465 e. The van der Waals surface area contributed by atoms with Crippen molar-refractivity contribution in [3.05, 3.63) is 0 Å². The summed E-state index contributed by atoms with van der Waals surface area (Å²) in [6.07, 6.45) is 0. The molecule has 0 radical (unpaired) electrons. The van der Waals surface area contributed by atoms with E-state index in [1.807, 2.05) is 0 Å². The van der Waals surface area contributed by atoms with Gasteiger partial charge in [-0.1, -0.05) is 90.0 Å². The van der Waals surface area contributed by atoms with Crippen molar-refractivity contribution in [2.75, 3.05) is 6.61 Å². The van der Waals surface area contributed by atoms with Gasteiger partial charge in [0.05, 0.1) is 12.0 Å². The van der Waals surface area contributed by atoms with Crippen LogP contribution in [0.1, 0.15) is 125 Å². The van der Waals surface area contributed by atoms with Crippen LogP contribution in [-0.2, 0) is 19.0 Å². The third-order valence-electron chi connectivity index (χ3n) is 16.6. The summed E-state index contributed by atoms with van der Waals surface area (Å²) in [6.45, 7) is 41.2. The highest BCUT2D eigenvalue weighted by atomic mass is 16.6. The lowest BCUT2D eigenvalue weighted by Gasteiger charge is -2.67. The molecule has 4 rings (SSSR count). The second-order valence-electron chi connectivity index (χ2n) is 17.1. The van der Waals surface area contributed by atoms with Crippen LogP contribution in [-0.4, -0.2) is 35.0 Å². The molecule has 36 heavy (non-hydrogen) atoms. The third-order valence-corrected chi connectivity index (χ3v) is 16.6. The van der Waals surface area contributed by atoms with Gasteiger partial charge in [-0.15, -0.1) is 0 Å². The number of hydrogen-bond acceptors (Lipinski definition) is 4. The highest BCUT2D eigenvalue weighted by Gasteiger charge is 2.89. The number of rotatable bonds is 3. The smallest absolute Gasteiger partial charge is 0.313 e. The van der Waals surface area contributed by atoms with Crippen molar-refractivity contribution in [2.45, 2.75) is 147 Å². The summed E-state index contributed by atoms with van der Waals surface area (Å²) < 4.78 is 19.8. The summed E-state index contributed by atoms with van der Waals surface area (Å²) in [5.74, 6) is -0.106. The Morgan fingerprint density at radius 1 is 0.472 bits per heavy atom. The zero-order valence-electron chi connectivity index (χ0n) is 26.8. The van der Waals surface area contributed by atoms with Crippen LogP contribution < -0.4 is 0 Å². The van der Waals surface area contributed by atoms with E-state index >= 15 is 0 Å². The highest BCUT2D eigenvalue weighted by molar-refractivity contribution is 5.80. The Labute approximate surface area is 222 Å². The number of carbonyl (C=O) groups excluding carboxylic acids is 1. The van der Waals surface area contributed by atoms with Gasteiger partial charge in [-0.2, -0.15) is 0 Å². The molecule has 208 valence electrons. The molecule has 0 aromatic rings. The summed E-state index contributed by atoms with van der Waals surface area (Å²) in [7, 11) is 0. The Bertz CT molecular complexity index is 1030. The van der Waals surface area contributed by atoms with Gasteiger partial charge in [0, 0.05) is 27.1 Å². The van der Waals surface area contributed by atoms with Crippen molar-refractivity contribution >= 4 is 5.97 Å². The van der Waals surface area contributed by atoms with Gasteiger partial charge in [0.25, 0.3) is 0 Å². The molecule has 0 aromatic carbocycles. The van der Waals surface area contributed by atoms with Crippen LogP contribution in [0.2, 0.25) is 0 Å². The van der Waals surface area contributed by atoms with Crippen molar-refractivity contribution < 1.29 is 19.0 Å². The quantitative estimate of drug-likeness (QED) is 0.290. The molecule has 4 fully saturated rings. The molecule has 2 heterocycles.